The predicted octanol–water partition coefficient (Wildman–Crippen LogP) is 2.24. The van der Waals surface area contributed by atoms with Crippen LogP contribution in [-0.2, 0) is 9.59 Å². The highest BCUT2D eigenvalue weighted by molar-refractivity contribution is 6.24. The lowest BCUT2D eigenvalue weighted by Crippen LogP contribution is -2.44. The van der Waals surface area contributed by atoms with Crippen LogP contribution in [0, 0.1) is 5.92 Å². The molecule has 7 heteroatoms. The van der Waals surface area contributed by atoms with Crippen LogP contribution in [0.15, 0.2) is 48.5 Å². The molecular weight excluding hydrogens is 370 g/mol. The van der Waals surface area contributed by atoms with Gasteiger partial charge in [-0.2, -0.15) is 0 Å². The largest absolute Gasteiger partial charge is 0.497 e. The second kappa shape index (κ2) is 6.86. The van der Waals surface area contributed by atoms with Gasteiger partial charge in [0, 0.05) is 18.7 Å². The Balaban J connectivity index is 1.57. The van der Waals surface area contributed by atoms with E-state index in [0.717, 1.165) is 30.8 Å². The molecule has 0 aromatic heterocycles. The van der Waals surface area contributed by atoms with Crippen LogP contribution in [-0.4, -0.2) is 55.2 Å². The van der Waals surface area contributed by atoms with Crippen LogP contribution < -0.4 is 14.4 Å². The molecule has 3 aliphatic rings. The fourth-order valence-electron chi connectivity index (χ4n) is 4.98. The monoisotopic (exact) mass is 393 g/mol. The molecule has 0 saturated carbocycles. The Labute approximate surface area is 169 Å². The lowest BCUT2D eigenvalue weighted by atomic mass is 9.89. The zero-order valence-corrected chi connectivity index (χ0v) is 16.4. The summed E-state index contributed by atoms with van der Waals surface area (Å²) in [6.45, 7) is 1.61. The molecule has 0 unspecified atom stereocenters. The SMILES string of the molecule is COc1ccc(N2C(=O)[C@H]3[C@@H](c4ccccc4OC)N4CCCN4[C@H]3C2=O)cc1. The van der Waals surface area contributed by atoms with E-state index in [1.807, 2.05) is 24.3 Å². The number of hydrogen-bond donors (Lipinski definition) is 0. The van der Waals surface area contributed by atoms with Gasteiger partial charge in [-0.3, -0.25) is 9.59 Å². The number of fused-ring (bicyclic) bond motifs is 3. The van der Waals surface area contributed by atoms with E-state index in [2.05, 4.69) is 10.0 Å². The number of rotatable bonds is 4. The van der Waals surface area contributed by atoms with E-state index in [0.29, 0.717) is 11.4 Å². The summed E-state index contributed by atoms with van der Waals surface area (Å²) in [5, 5.41) is 4.28. The molecule has 5 rings (SSSR count). The van der Waals surface area contributed by atoms with Gasteiger partial charge in [0.05, 0.1) is 31.9 Å². The summed E-state index contributed by atoms with van der Waals surface area (Å²) in [4.78, 5) is 28.3. The number of amides is 2. The first kappa shape index (κ1) is 18.1. The predicted molar refractivity (Wildman–Crippen MR) is 107 cm³/mol. The normalized spacial score (nSPS) is 26.7. The Morgan fingerprint density at radius 2 is 1.52 bits per heavy atom. The molecule has 2 amide bonds. The highest BCUT2D eigenvalue weighted by Crippen LogP contribution is 2.50. The third-order valence-corrected chi connectivity index (χ3v) is 6.19. The third kappa shape index (κ3) is 2.58. The molecule has 3 fully saturated rings. The number of hydrogen-bond acceptors (Lipinski definition) is 6. The Morgan fingerprint density at radius 1 is 0.828 bits per heavy atom. The summed E-state index contributed by atoms with van der Waals surface area (Å²) < 4.78 is 10.8. The number of carbonyl (C=O) groups is 2. The molecule has 3 saturated heterocycles. The van der Waals surface area contributed by atoms with Gasteiger partial charge in [0.15, 0.2) is 0 Å². The number of anilines is 1. The highest BCUT2D eigenvalue weighted by Gasteiger charge is 2.63. The van der Waals surface area contributed by atoms with Crippen molar-refractivity contribution >= 4 is 17.5 Å². The molecule has 7 nitrogen and oxygen atoms in total. The van der Waals surface area contributed by atoms with E-state index in [1.54, 1.807) is 38.5 Å². The molecule has 0 spiro atoms. The molecule has 2 aromatic rings. The average molecular weight is 393 g/mol. The molecule has 0 aliphatic carbocycles. The molecule has 0 radical (unpaired) electrons. The van der Waals surface area contributed by atoms with Crippen LogP contribution >= 0.6 is 0 Å². The molecular formula is C22H23N3O4. The summed E-state index contributed by atoms with van der Waals surface area (Å²) in [6.07, 6.45) is 0.971. The van der Waals surface area contributed by atoms with Gasteiger partial charge in [-0.15, -0.1) is 0 Å². The first-order chi connectivity index (χ1) is 14.2. The minimum atomic E-state index is -0.470. The maximum Gasteiger partial charge on any atom is 0.253 e. The molecule has 3 aliphatic heterocycles. The van der Waals surface area contributed by atoms with Crippen LogP contribution in [0.2, 0.25) is 0 Å². The Morgan fingerprint density at radius 3 is 2.21 bits per heavy atom. The number of hydrazine groups is 1. The Kier molecular flexibility index (Phi) is 4.29. The van der Waals surface area contributed by atoms with Crippen molar-refractivity contribution in [3.8, 4) is 11.5 Å². The number of nitrogens with zero attached hydrogens (tertiary/aromatic N) is 3. The second-order valence-electron chi connectivity index (χ2n) is 7.55. The maximum atomic E-state index is 13.5. The zero-order chi connectivity index (χ0) is 20.1. The number of para-hydroxylation sites is 1. The average Bonchev–Trinajstić information content (AvgIpc) is 3.40. The first-order valence-electron chi connectivity index (χ1n) is 9.83. The van der Waals surface area contributed by atoms with Crippen LogP contribution in [0.1, 0.15) is 18.0 Å². The van der Waals surface area contributed by atoms with Crippen molar-refractivity contribution in [3.63, 3.8) is 0 Å². The number of ether oxygens (including phenoxy) is 2. The maximum absolute atomic E-state index is 13.5. The van der Waals surface area contributed by atoms with Gasteiger partial charge < -0.3 is 9.47 Å². The van der Waals surface area contributed by atoms with Crippen molar-refractivity contribution in [2.75, 3.05) is 32.2 Å². The van der Waals surface area contributed by atoms with Crippen LogP contribution in [0.5, 0.6) is 11.5 Å². The summed E-state index contributed by atoms with van der Waals surface area (Å²) in [5.74, 6) is 0.657. The smallest absolute Gasteiger partial charge is 0.253 e. The zero-order valence-electron chi connectivity index (χ0n) is 16.4. The van der Waals surface area contributed by atoms with Crippen molar-refractivity contribution in [3.05, 3.63) is 54.1 Å². The first-order valence-corrected chi connectivity index (χ1v) is 9.83. The van der Waals surface area contributed by atoms with Crippen LogP contribution in [0.3, 0.4) is 0 Å². The highest BCUT2D eigenvalue weighted by atomic mass is 16.5. The molecule has 0 bridgehead atoms. The van der Waals surface area contributed by atoms with Crippen molar-refractivity contribution in [1.29, 1.82) is 0 Å². The molecule has 0 N–H and O–H groups in total. The molecule has 2 aromatic carbocycles. The van der Waals surface area contributed by atoms with Gasteiger partial charge >= 0.3 is 0 Å². The second-order valence-corrected chi connectivity index (χ2v) is 7.55. The lowest BCUT2D eigenvalue weighted by molar-refractivity contribution is -0.126. The Hall–Kier alpha value is -2.90. The van der Waals surface area contributed by atoms with Gasteiger partial charge in [-0.05, 0) is 36.8 Å². The molecule has 3 heterocycles. The van der Waals surface area contributed by atoms with E-state index in [-0.39, 0.29) is 17.9 Å². The summed E-state index contributed by atoms with van der Waals surface area (Å²) in [7, 11) is 3.23. The van der Waals surface area contributed by atoms with E-state index in [4.69, 9.17) is 9.47 Å². The summed E-state index contributed by atoms with van der Waals surface area (Å²) >= 11 is 0. The molecule has 150 valence electrons. The van der Waals surface area contributed by atoms with Crippen molar-refractivity contribution in [1.82, 2.24) is 10.0 Å². The number of benzene rings is 2. The van der Waals surface area contributed by atoms with Crippen LogP contribution in [0.25, 0.3) is 0 Å². The van der Waals surface area contributed by atoms with Gasteiger partial charge in [-0.25, -0.2) is 14.9 Å². The van der Waals surface area contributed by atoms with E-state index in [1.165, 1.54) is 4.90 Å². The summed E-state index contributed by atoms with van der Waals surface area (Å²) in [5.41, 5.74) is 1.53. The van der Waals surface area contributed by atoms with Crippen molar-refractivity contribution in [2.24, 2.45) is 5.92 Å². The quantitative estimate of drug-likeness (QED) is 0.743. The van der Waals surface area contributed by atoms with E-state index < -0.39 is 12.0 Å². The minimum Gasteiger partial charge on any atom is -0.497 e. The topological polar surface area (TPSA) is 62.3 Å². The molecule has 3 atom stereocenters. The molecule has 29 heavy (non-hydrogen) atoms. The number of methoxy groups -OCH3 is 2. The third-order valence-electron chi connectivity index (χ3n) is 6.19. The minimum absolute atomic E-state index is 0.157. The van der Waals surface area contributed by atoms with Crippen LogP contribution in [0.4, 0.5) is 5.69 Å². The van der Waals surface area contributed by atoms with Crippen molar-refractivity contribution in [2.45, 2.75) is 18.5 Å². The fraction of sp³-hybridized carbons (Fsp3) is 0.364. The van der Waals surface area contributed by atoms with Crippen molar-refractivity contribution < 1.29 is 19.1 Å². The van der Waals surface area contributed by atoms with Gasteiger partial charge in [-0.1, -0.05) is 18.2 Å². The van der Waals surface area contributed by atoms with Gasteiger partial charge in [0.2, 0.25) is 5.91 Å². The van der Waals surface area contributed by atoms with Gasteiger partial charge in [0.1, 0.15) is 17.5 Å². The summed E-state index contributed by atoms with van der Waals surface area (Å²) in [6, 6.07) is 14.1. The van der Waals surface area contributed by atoms with Gasteiger partial charge in [0.25, 0.3) is 5.91 Å². The lowest BCUT2D eigenvalue weighted by Gasteiger charge is -2.30. The fourth-order valence-corrected chi connectivity index (χ4v) is 4.98. The number of imide groups is 1. The Bertz CT molecular complexity index is 961. The van der Waals surface area contributed by atoms with E-state index in [9.17, 15) is 9.59 Å². The van der Waals surface area contributed by atoms with E-state index >= 15 is 0 Å². The number of carbonyl (C=O) groups excluding carboxylic acids is 2. The standard InChI is InChI=1S/C22H23N3O4/c1-28-15-10-8-14(9-11-15)25-21(26)18-19(16-6-3-4-7-17(16)29-2)23-12-5-13-24(23)20(18)22(25)27/h3-4,6-11,18-20H,5,12-13H2,1-2H3/t18-,19+,20+/m0/s1.